The molecule has 1 atom stereocenters. The van der Waals surface area contributed by atoms with Gasteiger partial charge < -0.3 is 4.90 Å². The molecule has 1 unspecified atom stereocenters. The van der Waals surface area contributed by atoms with Crippen LogP contribution < -0.4 is 0 Å². The second kappa shape index (κ2) is 6.53. The highest BCUT2D eigenvalue weighted by molar-refractivity contribution is 5.81. The normalized spacial score (nSPS) is 22.7. The molecule has 100 valence electrons. The van der Waals surface area contributed by atoms with E-state index in [-0.39, 0.29) is 0 Å². The molecule has 0 radical (unpaired) electrons. The first-order chi connectivity index (χ1) is 7.98. The van der Waals surface area contributed by atoms with Crippen LogP contribution in [0.5, 0.6) is 0 Å². The summed E-state index contributed by atoms with van der Waals surface area (Å²) in [5, 5.41) is 0. The lowest BCUT2D eigenvalue weighted by atomic mass is 9.86. The molecule has 0 spiro atoms. The van der Waals surface area contributed by atoms with Gasteiger partial charge in [0.15, 0.2) is 0 Å². The highest BCUT2D eigenvalue weighted by Crippen LogP contribution is 2.25. The average molecular weight is 239 g/mol. The van der Waals surface area contributed by atoms with E-state index in [2.05, 4.69) is 32.6 Å². The van der Waals surface area contributed by atoms with Crippen LogP contribution in [0.1, 0.15) is 59.8 Å². The van der Waals surface area contributed by atoms with E-state index in [9.17, 15) is 4.79 Å². The van der Waals surface area contributed by atoms with Crippen LogP contribution in [0.15, 0.2) is 0 Å². The fraction of sp³-hybridized carbons (Fsp3) is 0.933. The number of nitrogens with zero attached hydrogens (tertiary/aromatic N) is 1. The lowest BCUT2D eigenvalue weighted by Gasteiger charge is -2.37. The highest BCUT2D eigenvalue weighted by Gasteiger charge is 2.28. The fourth-order valence-electron chi connectivity index (χ4n) is 2.63. The second-order valence-corrected chi connectivity index (χ2v) is 6.31. The van der Waals surface area contributed by atoms with Gasteiger partial charge in [-0.3, -0.25) is 4.79 Å². The lowest BCUT2D eigenvalue weighted by molar-refractivity contribution is -0.124. The summed E-state index contributed by atoms with van der Waals surface area (Å²) >= 11 is 0. The molecule has 2 heteroatoms. The molecule has 0 amide bonds. The summed E-state index contributed by atoms with van der Waals surface area (Å²) in [6.45, 7) is 12.3. The van der Waals surface area contributed by atoms with Crippen molar-refractivity contribution in [1.29, 1.82) is 0 Å². The Morgan fingerprint density at radius 1 is 1.35 bits per heavy atom. The van der Waals surface area contributed by atoms with Gasteiger partial charge in [-0.15, -0.1) is 0 Å². The van der Waals surface area contributed by atoms with Crippen LogP contribution in [-0.2, 0) is 4.79 Å². The van der Waals surface area contributed by atoms with Crippen LogP contribution in [0.25, 0.3) is 0 Å². The third-order valence-electron chi connectivity index (χ3n) is 4.07. The minimum Gasteiger partial charge on any atom is -0.302 e. The maximum atomic E-state index is 12.0. The van der Waals surface area contributed by atoms with E-state index >= 15 is 0 Å². The molecule has 1 aliphatic rings. The number of piperidine rings is 1. The Bertz CT molecular complexity index is 247. The summed E-state index contributed by atoms with van der Waals surface area (Å²) in [4.78, 5) is 14.5. The van der Waals surface area contributed by atoms with Gasteiger partial charge in [0.2, 0.25) is 0 Å². The number of carbonyl (C=O) groups excluding carboxylic acids is 1. The molecule has 0 aromatic rings. The molecular formula is C15H29NO. The Hall–Kier alpha value is -0.370. The highest BCUT2D eigenvalue weighted by atomic mass is 16.1. The van der Waals surface area contributed by atoms with E-state index in [1.165, 1.54) is 19.4 Å². The maximum Gasteiger partial charge on any atom is 0.137 e. The third-order valence-corrected chi connectivity index (χ3v) is 4.07. The Morgan fingerprint density at radius 3 is 2.65 bits per heavy atom. The van der Waals surface area contributed by atoms with Crippen molar-refractivity contribution in [2.24, 2.45) is 11.3 Å². The zero-order valence-corrected chi connectivity index (χ0v) is 12.1. The lowest BCUT2D eigenvalue weighted by Crippen LogP contribution is -2.43. The van der Waals surface area contributed by atoms with Gasteiger partial charge in [-0.2, -0.15) is 0 Å². The summed E-state index contributed by atoms with van der Waals surface area (Å²) < 4.78 is 0. The maximum absolute atomic E-state index is 12.0. The minimum atomic E-state index is 0.316. The second-order valence-electron chi connectivity index (χ2n) is 6.31. The predicted octanol–water partition coefficient (Wildman–Crippen LogP) is 3.50. The predicted molar refractivity (Wildman–Crippen MR) is 73.2 cm³/mol. The van der Waals surface area contributed by atoms with E-state index in [1.807, 2.05) is 0 Å². The van der Waals surface area contributed by atoms with Crippen molar-refractivity contribution in [3.63, 3.8) is 0 Å². The van der Waals surface area contributed by atoms with Gasteiger partial charge in [0.25, 0.3) is 0 Å². The SMILES string of the molecule is CCCC(=O)C1CCCN(CC(C)(C)CC)C1. The van der Waals surface area contributed by atoms with Crippen LogP contribution in [0.2, 0.25) is 0 Å². The Morgan fingerprint density at radius 2 is 2.06 bits per heavy atom. The molecule has 1 aliphatic heterocycles. The Labute approximate surface area is 107 Å². The van der Waals surface area contributed by atoms with Gasteiger partial charge >= 0.3 is 0 Å². The van der Waals surface area contributed by atoms with Gasteiger partial charge in [0, 0.05) is 25.4 Å². The van der Waals surface area contributed by atoms with Gasteiger partial charge in [-0.25, -0.2) is 0 Å². The van der Waals surface area contributed by atoms with Gasteiger partial charge in [0.1, 0.15) is 5.78 Å². The number of rotatable bonds is 6. The van der Waals surface area contributed by atoms with E-state index in [1.54, 1.807) is 0 Å². The summed E-state index contributed by atoms with van der Waals surface area (Å²) in [5.74, 6) is 0.808. The first-order valence-electron chi connectivity index (χ1n) is 7.23. The molecule has 0 N–H and O–H groups in total. The summed E-state index contributed by atoms with van der Waals surface area (Å²) in [6, 6.07) is 0. The molecular weight excluding hydrogens is 210 g/mol. The fourth-order valence-corrected chi connectivity index (χ4v) is 2.63. The van der Waals surface area contributed by atoms with Crippen LogP contribution in [0.4, 0.5) is 0 Å². The number of hydrogen-bond donors (Lipinski definition) is 0. The van der Waals surface area contributed by atoms with Crippen LogP contribution >= 0.6 is 0 Å². The van der Waals surface area contributed by atoms with Crippen molar-refractivity contribution >= 4 is 5.78 Å². The summed E-state index contributed by atoms with van der Waals surface area (Å²) in [5.41, 5.74) is 0.385. The van der Waals surface area contributed by atoms with E-state index in [4.69, 9.17) is 0 Å². The zero-order valence-electron chi connectivity index (χ0n) is 12.1. The van der Waals surface area contributed by atoms with Crippen molar-refractivity contribution in [3.8, 4) is 0 Å². The smallest absolute Gasteiger partial charge is 0.137 e. The third kappa shape index (κ3) is 4.79. The van der Waals surface area contributed by atoms with E-state index < -0.39 is 0 Å². The number of Topliss-reactive ketones (excluding diaryl/α,β-unsaturated/α-hetero) is 1. The first-order valence-corrected chi connectivity index (χ1v) is 7.23. The molecule has 0 aliphatic carbocycles. The standard InChI is InChI=1S/C15H29NO/c1-5-8-14(17)13-9-7-10-16(11-13)12-15(3,4)6-2/h13H,5-12H2,1-4H3. The van der Waals surface area contributed by atoms with Gasteiger partial charge in [-0.05, 0) is 37.6 Å². The Balaban J connectivity index is 2.46. The minimum absolute atomic E-state index is 0.316. The number of hydrogen-bond acceptors (Lipinski definition) is 2. The quantitative estimate of drug-likeness (QED) is 0.707. The van der Waals surface area contributed by atoms with Crippen LogP contribution in [0.3, 0.4) is 0 Å². The molecule has 1 fully saturated rings. The molecule has 0 aromatic carbocycles. The monoisotopic (exact) mass is 239 g/mol. The van der Waals surface area contributed by atoms with E-state index in [0.717, 1.165) is 32.4 Å². The van der Waals surface area contributed by atoms with Crippen molar-refractivity contribution in [2.45, 2.75) is 59.8 Å². The summed E-state index contributed by atoms with van der Waals surface area (Å²) in [7, 11) is 0. The van der Waals surface area contributed by atoms with Crippen molar-refractivity contribution in [1.82, 2.24) is 4.90 Å². The number of ketones is 1. The van der Waals surface area contributed by atoms with Crippen LogP contribution in [-0.4, -0.2) is 30.3 Å². The molecule has 17 heavy (non-hydrogen) atoms. The topological polar surface area (TPSA) is 20.3 Å². The molecule has 0 saturated carbocycles. The molecule has 2 nitrogen and oxygen atoms in total. The van der Waals surface area contributed by atoms with Crippen molar-refractivity contribution in [2.75, 3.05) is 19.6 Å². The van der Waals surface area contributed by atoms with Gasteiger partial charge in [-0.1, -0.05) is 27.7 Å². The Kier molecular flexibility index (Phi) is 5.64. The molecule has 0 bridgehead atoms. The van der Waals surface area contributed by atoms with Gasteiger partial charge in [0.05, 0.1) is 0 Å². The largest absolute Gasteiger partial charge is 0.302 e. The number of carbonyl (C=O) groups is 1. The average Bonchev–Trinajstić information content (AvgIpc) is 2.29. The van der Waals surface area contributed by atoms with Crippen molar-refractivity contribution < 1.29 is 4.79 Å². The molecule has 1 saturated heterocycles. The zero-order chi connectivity index (χ0) is 12.9. The molecule has 0 aromatic heterocycles. The number of likely N-dealkylation sites (tertiary alicyclic amines) is 1. The first kappa shape index (κ1) is 14.7. The molecule has 1 heterocycles. The van der Waals surface area contributed by atoms with Crippen LogP contribution in [0, 0.1) is 11.3 Å². The van der Waals surface area contributed by atoms with E-state index in [0.29, 0.717) is 17.1 Å². The van der Waals surface area contributed by atoms with Crippen molar-refractivity contribution in [3.05, 3.63) is 0 Å². The summed E-state index contributed by atoms with van der Waals surface area (Å²) in [6.07, 6.45) is 5.28. The molecule has 1 rings (SSSR count).